The summed E-state index contributed by atoms with van der Waals surface area (Å²) in [5, 5.41) is 2.76. The molecule has 0 unspecified atom stereocenters. The number of carbonyl (C=O) groups excluding carboxylic acids is 1. The van der Waals surface area contributed by atoms with E-state index in [1.807, 2.05) is 44.2 Å². The maximum atomic E-state index is 13.6. The summed E-state index contributed by atoms with van der Waals surface area (Å²) in [7, 11) is -2.58. The van der Waals surface area contributed by atoms with Gasteiger partial charge in [-0.15, -0.1) is 0 Å². The van der Waals surface area contributed by atoms with E-state index in [2.05, 4.69) is 26.1 Å². The number of benzene rings is 3. The van der Waals surface area contributed by atoms with Crippen LogP contribution in [0.2, 0.25) is 0 Å². The van der Waals surface area contributed by atoms with Crippen LogP contribution in [0.25, 0.3) is 0 Å². The van der Waals surface area contributed by atoms with E-state index in [4.69, 9.17) is 9.47 Å². The number of hydrogen-bond acceptors (Lipinski definition) is 5. The monoisotopic (exact) mass is 524 g/mol. The summed E-state index contributed by atoms with van der Waals surface area (Å²) in [4.78, 5) is 13.0. The minimum absolute atomic E-state index is 0.0528. The topological polar surface area (TPSA) is 84.9 Å². The molecule has 7 nitrogen and oxygen atoms in total. The number of carbonyl (C=O) groups is 1. The summed E-state index contributed by atoms with van der Waals surface area (Å²) in [6, 6.07) is 19.6. The predicted molar refractivity (Wildman–Crippen MR) is 147 cm³/mol. The number of nitrogens with one attached hydrogen (secondary N) is 1. The highest BCUT2D eigenvalue weighted by atomic mass is 32.2. The largest absolute Gasteiger partial charge is 0.495 e. The minimum Gasteiger partial charge on any atom is -0.495 e. The fraction of sp³-hybridized carbons (Fsp3) is 0.345. The molecule has 0 heterocycles. The maximum Gasteiger partial charge on any atom is 0.264 e. The maximum absolute atomic E-state index is 13.6. The lowest BCUT2D eigenvalue weighted by Gasteiger charge is -2.26. The van der Waals surface area contributed by atoms with Gasteiger partial charge >= 0.3 is 0 Å². The third-order valence-electron chi connectivity index (χ3n) is 5.91. The number of rotatable bonds is 10. The van der Waals surface area contributed by atoms with E-state index in [1.54, 1.807) is 24.3 Å². The van der Waals surface area contributed by atoms with Crippen LogP contribution >= 0.6 is 0 Å². The number of anilines is 1. The van der Waals surface area contributed by atoms with Gasteiger partial charge in [-0.25, -0.2) is 8.42 Å². The van der Waals surface area contributed by atoms with Crippen molar-refractivity contribution in [2.45, 2.75) is 44.9 Å². The highest BCUT2D eigenvalue weighted by Crippen LogP contribution is 2.33. The molecular weight excluding hydrogens is 488 g/mol. The van der Waals surface area contributed by atoms with Crippen molar-refractivity contribution in [2.75, 3.05) is 31.1 Å². The number of ether oxygens (including phenoxy) is 2. The number of sulfonamides is 1. The van der Waals surface area contributed by atoms with Gasteiger partial charge in [-0.3, -0.25) is 9.10 Å². The van der Waals surface area contributed by atoms with E-state index < -0.39 is 22.5 Å². The Hall–Kier alpha value is -3.52. The van der Waals surface area contributed by atoms with Crippen LogP contribution in [-0.2, 0) is 20.2 Å². The molecule has 0 saturated heterocycles. The molecule has 0 saturated carbocycles. The summed E-state index contributed by atoms with van der Waals surface area (Å²) >= 11 is 0. The van der Waals surface area contributed by atoms with E-state index in [0.29, 0.717) is 17.2 Å². The Balaban J connectivity index is 1.73. The predicted octanol–water partition coefficient (Wildman–Crippen LogP) is 5.00. The normalized spacial score (nSPS) is 11.6. The molecule has 0 atom stereocenters. The Morgan fingerprint density at radius 2 is 1.54 bits per heavy atom. The molecule has 3 aromatic carbocycles. The molecule has 37 heavy (non-hydrogen) atoms. The molecule has 0 aromatic heterocycles. The van der Waals surface area contributed by atoms with Gasteiger partial charge in [0.15, 0.2) is 0 Å². The Kier molecular flexibility index (Phi) is 8.86. The van der Waals surface area contributed by atoms with Crippen molar-refractivity contribution in [3.8, 4) is 11.5 Å². The van der Waals surface area contributed by atoms with Crippen LogP contribution in [0.4, 0.5) is 5.69 Å². The van der Waals surface area contributed by atoms with E-state index in [0.717, 1.165) is 15.4 Å². The fourth-order valence-electron chi connectivity index (χ4n) is 3.73. The molecule has 1 amide bonds. The number of methoxy groups -OCH3 is 1. The first-order chi connectivity index (χ1) is 17.4. The molecule has 0 spiro atoms. The smallest absolute Gasteiger partial charge is 0.264 e. The van der Waals surface area contributed by atoms with Crippen LogP contribution in [-0.4, -0.2) is 41.1 Å². The zero-order chi connectivity index (χ0) is 27.2. The van der Waals surface area contributed by atoms with Crippen LogP contribution < -0.4 is 19.1 Å². The number of aryl methyl sites for hydroxylation is 2. The van der Waals surface area contributed by atoms with Gasteiger partial charge in [-0.05, 0) is 66.8 Å². The Labute approximate surface area is 220 Å². The number of nitrogens with zero attached hydrogens (tertiary/aromatic N) is 1. The standard InChI is InChI=1S/C29H36N2O5S/c1-21-7-14-25(15-8-21)37(33,34)31(26-19-22(2)9-16-27(26)35-6)20-28(32)30-17-18-36-24-12-10-23(11-13-24)29(3,4)5/h7-16,19H,17-18,20H2,1-6H3,(H,30,32). The molecule has 0 aliphatic heterocycles. The Morgan fingerprint density at radius 1 is 0.919 bits per heavy atom. The van der Waals surface area contributed by atoms with Crippen molar-refractivity contribution in [3.63, 3.8) is 0 Å². The second kappa shape index (κ2) is 11.7. The lowest BCUT2D eigenvalue weighted by atomic mass is 9.87. The van der Waals surface area contributed by atoms with Gasteiger partial charge < -0.3 is 14.8 Å². The van der Waals surface area contributed by atoms with E-state index in [9.17, 15) is 13.2 Å². The molecule has 0 aliphatic rings. The van der Waals surface area contributed by atoms with E-state index in [1.165, 1.54) is 24.8 Å². The molecule has 0 radical (unpaired) electrons. The Bertz CT molecular complexity index is 1310. The lowest BCUT2D eigenvalue weighted by Crippen LogP contribution is -2.42. The molecule has 3 rings (SSSR count). The quantitative estimate of drug-likeness (QED) is 0.377. The lowest BCUT2D eigenvalue weighted by molar-refractivity contribution is -0.119. The summed E-state index contributed by atoms with van der Waals surface area (Å²) in [5.41, 5.74) is 3.33. The average Bonchev–Trinajstić information content (AvgIpc) is 2.85. The van der Waals surface area contributed by atoms with Crippen molar-refractivity contribution in [1.29, 1.82) is 0 Å². The third-order valence-corrected chi connectivity index (χ3v) is 7.69. The summed E-state index contributed by atoms with van der Waals surface area (Å²) in [6.07, 6.45) is 0. The van der Waals surface area contributed by atoms with Gasteiger partial charge in [0.2, 0.25) is 5.91 Å². The number of amides is 1. The molecule has 8 heteroatoms. The Morgan fingerprint density at radius 3 is 2.14 bits per heavy atom. The molecular formula is C29H36N2O5S. The van der Waals surface area contributed by atoms with Crippen LogP contribution in [0.5, 0.6) is 11.5 Å². The number of hydrogen-bond donors (Lipinski definition) is 1. The molecule has 3 aromatic rings. The van der Waals surface area contributed by atoms with Crippen molar-refractivity contribution in [1.82, 2.24) is 5.32 Å². The second-order valence-corrected chi connectivity index (χ2v) is 11.8. The first-order valence-electron chi connectivity index (χ1n) is 12.2. The minimum atomic E-state index is -4.04. The van der Waals surface area contributed by atoms with Crippen LogP contribution in [0, 0.1) is 13.8 Å². The zero-order valence-corrected chi connectivity index (χ0v) is 23.2. The van der Waals surface area contributed by atoms with Gasteiger partial charge in [-0.2, -0.15) is 0 Å². The molecule has 0 aliphatic carbocycles. The van der Waals surface area contributed by atoms with Crippen molar-refractivity contribution in [3.05, 3.63) is 83.4 Å². The van der Waals surface area contributed by atoms with Crippen molar-refractivity contribution in [2.24, 2.45) is 0 Å². The van der Waals surface area contributed by atoms with Crippen molar-refractivity contribution < 1.29 is 22.7 Å². The van der Waals surface area contributed by atoms with Crippen molar-refractivity contribution >= 4 is 21.6 Å². The molecule has 1 N–H and O–H groups in total. The van der Waals surface area contributed by atoms with Gasteiger partial charge in [-0.1, -0.05) is 56.7 Å². The van der Waals surface area contributed by atoms with Crippen LogP contribution in [0.1, 0.15) is 37.5 Å². The van der Waals surface area contributed by atoms with Crippen LogP contribution in [0.15, 0.2) is 71.6 Å². The molecule has 198 valence electrons. The van der Waals surface area contributed by atoms with E-state index in [-0.39, 0.29) is 23.5 Å². The fourth-order valence-corrected chi connectivity index (χ4v) is 5.15. The summed E-state index contributed by atoms with van der Waals surface area (Å²) in [6.45, 7) is 10.2. The first kappa shape index (κ1) is 28.1. The molecule has 0 fully saturated rings. The SMILES string of the molecule is COc1ccc(C)cc1N(CC(=O)NCCOc1ccc(C(C)(C)C)cc1)S(=O)(=O)c1ccc(C)cc1. The van der Waals surface area contributed by atoms with Gasteiger partial charge in [0.1, 0.15) is 24.7 Å². The highest BCUT2D eigenvalue weighted by molar-refractivity contribution is 7.92. The highest BCUT2D eigenvalue weighted by Gasteiger charge is 2.29. The zero-order valence-electron chi connectivity index (χ0n) is 22.4. The average molecular weight is 525 g/mol. The second-order valence-electron chi connectivity index (χ2n) is 9.97. The first-order valence-corrected chi connectivity index (χ1v) is 13.6. The molecule has 0 bridgehead atoms. The van der Waals surface area contributed by atoms with Crippen LogP contribution in [0.3, 0.4) is 0 Å². The van der Waals surface area contributed by atoms with Gasteiger partial charge in [0.25, 0.3) is 10.0 Å². The van der Waals surface area contributed by atoms with E-state index >= 15 is 0 Å². The van der Waals surface area contributed by atoms with Gasteiger partial charge in [0.05, 0.1) is 24.2 Å². The van der Waals surface area contributed by atoms with Gasteiger partial charge in [0, 0.05) is 0 Å². The summed E-state index contributed by atoms with van der Waals surface area (Å²) < 4.78 is 39.5. The third kappa shape index (κ3) is 7.26. The summed E-state index contributed by atoms with van der Waals surface area (Å²) in [5.74, 6) is 0.609.